The molecule has 0 heterocycles. The minimum Gasteiger partial charge on any atom is -0.462 e. The lowest BCUT2D eigenvalue weighted by Crippen LogP contribution is -2.30. The highest BCUT2D eigenvalue weighted by atomic mass is 16.6. The van der Waals surface area contributed by atoms with Gasteiger partial charge in [-0.15, -0.1) is 0 Å². The topological polar surface area (TPSA) is 78.9 Å². The predicted octanol–water partition coefficient (Wildman–Crippen LogP) is 22.6. The van der Waals surface area contributed by atoms with Crippen LogP contribution in [0.4, 0.5) is 0 Å². The first-order valence-corrected chi connectivity index (χ1v) is 32.9. The Morgan fingerprint density at radius 3 is 0.821 bits per heavy atom. The highest BCUT2D eigenvalue weighted by Crippen LogP contribution is 2.16. The zero-order valence-electron chi connectivity index (χ0n) is 51.2. The summed E-state index contributed by atoms with van der Waals surface area (Å²) in [5.74, 6) is -0.902. The molecule has 0 amide bonds. The molecule has 0 saturated heterocycles. The molecular formula is C72H122O6. The number of hydrogen-bond acceptors (Lipinski definition) is 6. The van der Waals surface area contributed by atoms with Crippen molar-refractivity contribution in [1.82, 2.24) is 0 Å². The van der Waals surface area contributed by atoms with Crippen molar-refractivity contribution in [3.8, 4) is 0 Å². The molecule has 0 aromatic heterocycles. The molecule has 0 N–H and O–H groups in total. The quantitative estimate of drug-likeness (QED) is 0.0261. The van der Waals surface area contributed by atoms with Crippen molar-refractivity contribution >= 4 is 17.9 Å². The SMILES string of the molecule is CC/C=C\C/C=C\C/C=C\C/C=C\C/C=C\CCCCCCCCCCCC(=O)OCC(COC(=O)CCCCCCC/C=C\CCCCC)OC(=O)CCCCCCCCCC/C=C\C/C=C\C/C=C\CCCCCCC. The second-order valence-corrected chi connectivity index (χ2v) is 21.6. The summed E-state index contributed by atoms with van der Waals surface area (Å²) in [5.41, 5.74) is 0. The standard InChI is InChI=1S/C72H122O6/c1-4-7-10-13-16-19-22-25-27-29-31-33-35-36-38-39-41-43-45-47-50-53-56-59-62-65-71(74)77-68-69(67-76-70(73)64-61-58-55-52-49-24-21-18-15-12-9-6-3)78-72(75)66-63-60-57-54-51-48-46-44-42-40-37-34-32-30-28-26-23-20-17-14-11-8-5-2/h7,10,16,18-19,21,23,25-27,30-33,36-38,40,69H,4-6,8-9,11-15,17,20,22,24,28-29,34-35,39,41-68H2,1-3H3/b10-7-,19-16-,21-18-,26-23-,27-25-,32-30-,33-31-,38-36-,40-37-. The maximum Gasteiger partial charge on any atom is 0.306 e. The van der Waals surface area contributed by atoms with Crippen LogP contribution >= 0.6 is 0 Å². The number of hydrogen-bond donors (Lipinski definition) is 0. The zero-order valence-corrected chi connectivity index (χ0v) is 51.2. The van der Waals surface area contributed by atoms with E-state index in [0.717, 1.165) is 122 Å². The van der Waals surface area contributed by atoms with E-state index in [1.54, 1.807) is 0 Å². The highest BCUT2D eigenvalue weighted by molar-refractivity contribution is 5.71. The van der Waals surface area contributed by atoms with Gasteiger partial charge in [0.2, 0.25) is 0 Å². The number of esters is 3. The minimum absolute atomic E-state index is 0.0873. The van der Waals surface area contributed by atoms with Crippen LogP contribution in [0.15, 0.2) is 109 Å². The van der Waals surface area contributed by atoms with Crippen LogP contribution in [-0.4, -0.2) is 37.2 Å². The van der Waals surface area contributed by atoms with Gasteiger partial charge in [-0.25, -0.2) is 0 Å². The van der Waals surface area contributed by atoms with Gasteiger partial charge in [-0.3, -0.25) is 14.4 Å². The molecule has 6 heteroatoms. The van der Waals surface area contributed by atoms with Crippen molar-refractivity contribution in [2.45, 2.75) is 316 Å². The molecule has 0 bridgehead atoms. The number of unbranched alkanes of at least 4 members (excludes halogenated alkanes) is 30. The molecular weight excluding hydrogens is 961 g/mol. The minimum atomic E-state index is -0.791. The summed E-state index contributed by atoms with van der Waals surface area (Å²) in [6.45, 7) is 6.49. The van der Waals surface area contributed by atoms with Gasteiger partial charge in [0.05, 0.1) is 0 Å². The Balaban J connectivity index is 4.34. The Labute approximate surface area is 482 Å². The van der Waals surface area contributed by atoms with Gasteiger partial charge in [0.1, 0.15) is 13.2 Å². The van der Waals surface area contributed by atoms with Crippen molar-refractivity contribution in [2.24, 2.45) is 0 Å². The lowest BCUT2D eigenvalue weighted by molar-refractivity contribution is -0.167. The average molecular weight is 1080 g/mol. The third-order valence-electron chi connectivity index (χ3n) is 14.0. The molecule has 0 fully saturated rings. The second kappa shape index (κ2) is 65.6. The molecule has 0 aromatic rings. The van der Waals surface area contributed by atoms with Gasteiger partial charge in [0.25, 0.3) is 0 Å². The maximum absolute atomic E-state index is 12.9. The Kier molecular flexibility index (Phi) is 62.3. The Morgan fingerprint density at radius 2 is 0.500 bits per heavy atom. The van der Waals surface area contributed by atoms with E-state index in [0.29, 0.717) is 19.3 Å². The summed E-state index contributed by atoms with van der Waals surface area (Å²) in [4.78, 5) is 38.3. The lowest BCUT2D eigenvalue weighted by atomic mass is 10.1. The molecule has 0 rings (SSSR count). The number of allylic oxidation sites excluding steroid dienone is 18. The van der Waals surface area contributed by atoms with Crippen molar-refractivity contribution in [3.05, 3.63) is 109 Å². The van der Waals surface area contributed by atoms with Crippen molar-refractivity contribution in [2.75, 3.05) is 13.2 Å². The third kappa shape index (κ3) is 62.9. The summed E-state index contributed by atoms with van der Waals surface area (Å²) in [6, 6.07) is 0. The van der Waals surface area contributed by atoms with E-state index in [-0.39, 0.29) is 31.1 Å². The molecule has 78 heavy (non-hydrogen) atoms. The largest absolute Gasteiger partial charge is 0.462 e. The molecule has 446 valence electrons. The number of rotatable bonds is 59. The van der Waals surface area contributed by atoms with Gasteiger partial charge in [0, 0.05) is 19.3 Å². The van der Waals surface area contributed by atoms with Gasteiger partial charge >= 0.3 is 17.9 Å². The molecule has 0 aliphatic heterocycles. The Bertz CT molecular complexity index is 1570. The molecule has 1 atom stereocenters. The van der Waals surface area contributed by atoms with Gasteiger partial charge in [0.15, 0.2) is 6.10 Å². The van der Waals surface area contributed by atoms with Gasteiger partial charge < -0.3 is 14.2 Å². The van der Waals surface area contributed by atoms with E-state index in [1.165, 1.54) is 148 Å². The first kappa shape index (κ1) is 74.1. The fourth-order valence-corrected chi connectivity index (χ4v) is 9.06. The first-order valence-electron chi connectivity index (χ1n) is 32.9. The van der Waals surface area contributed by atoms with Gasteiger partial charge in [-0.2, -0.15) is 0 Å². The first-order chi connectivity index (χ1) is 38.5. The van der Waals surface area contributed by atoms with Crippen LogP contribution < -0.4 is 0 Å². The van der Waals surface area contributed by atoms with Crippen LogP contribution in [0.2, 0.25) is 0 Å². The average Bonchev–Trinajstić information content (AvgIpc) is 3.44. The second-order valence-electron chi connectivity index (χ2n) is 21.6. The van der Waals surface area contributed by atoms with Crippen LogP contribution in [0.25, 0.3) is 0 Å². The fourth-order valence-electron chi connectivity index (χ4n) is 9.06. The van der Waals surface area contributed by atoms with Crippen LogP contribution in [0, 0.1) is 0 Å². The predicted molar refractivity (Wildman–Crippen MR) is 339 cm³/mol. The fraction of sp³-hybridized carbons (Fsp3) is 0.708. The molecule has 0 aliphatic carbocycles. The van der Waals surface area contributed by atoms with Gasteiger partial charge in [-0.1, -0.05) is 271 Å². The van der Waals surface area contributed by atoms with Crippen molar-refractivity contribution in [3.63, 3.8) is 0 Å². The van der Waals surface area contributed by atoms with Crippen LogP contribution in [-0.2, 0) is 28.6 Å². The lowest BCUT2D eigenvalue weighted by Gasteiger charge is -2.18. The smallest absolute Gasteiger partial charge is 0.306 e. The van der Waals surface area contributed by atoms with E-state index >= 15 is 0 Å². The zero-order chi connectivity index (χ0) is 56.4. The monoisotopic (exact) mass is 1080 g/mol. The Hall–Kier alpha value is -3.93. The van der Waals surface area contributed by atoms with Crippen LogP contribution in [0.5, 0.6) is 0 Å². The van der Waals surface area contributed by atoms with Crippen molar-refractivity contribution in [1.29, 1.82) is 0 Å². The molecule has 0 radical (unpaired) electrons. The molecule has 0 saturated carbocycles. The number of carbonyl (C=O) groups is 3. The highest BCUT2D eigenvalue weighted by Gasteiger charge is 2.19. The number of ether oxygens (including phenoxy) is 3. The summed E-state index contributed by atoms with van der Waals surface area (Å²) >= 11 is 0. The molecule has 0 spiro atoms. The van der Waals surface area contributed by atoms with E-state index in [2.05, 4.69) is 130 Å². The van der Waals surface area contributed by atoms with Gasteiger partial charge in [-0.05, 0) is 128 Å². The van der Waals surface area contributed by atoms with E-state index in [1.807, 2.05) is 0 Å². The number of carbonyl (C=O) groups excluding carboxylic acids is 3. The molecule has 6 nitrogen and oxygen atoms in total. The normalized spacial score (nSPS) is 12.8. The molecule has 1 unspecified atom stereocenters. The summed E-state index contributed by atoms with van der Waals surface area (Å²) in [6.07, 6.45) is 89.5. The van der Waals surface area contributed by atoms with E-state index < -0.39 is 6.10 Å². The molecule has 0 aromatic carbocycles. The maximum atomic E-state index is 12.9. The third-order valence-corrected chi connectivity index (χ3v) is 14.0. The Morgan fingerprint density at radius 1 is 0.269 bits per heavy atom. The summed E-state index contributed by atoms with van der Waals surface area (Å²) in [7, 11) is 0. The van der Waals surface area contributed by atoms with Crippen LogP contribution in [0.1, 0.15) is 310 Å². The van der Waals surface area contributed by atoms with E-state index in [9.17, 15) is 14.4 Å². The van der Waals surface area contributed by atoms with Crippen LogP contribution in [0.3, 0.4) is 0 Å². The van der Waals surface area contributed by atoms with Crippen molar-refractivity contribution < 1.29 is 28.6 Å². The summed E-state index contributed by atoms with van der Waals surface area (Å²) in [5, 5.41) is 0. The summed E-state index contributed by atoms with van der Waals surface area (Å²) < 4.78 is 16.9. The molecule has 0 aliphatic rings. The van der Waals surface area contributed by atoms with E-state index in [4.69, 9.17) is 14.2 Å².